The number of carbonyl (C=O) groups is 1. The summed E-state index contributed by atoms with van der Waals surface area (Å²) in [5, 5.41) is 0. The quantitative estimate of drug-likeness (QED) is 0.449. The maximum absolute atomic E-state index is 13.3. The van der Waals surface area contributed by atoms with E-state index < -0.39 is 11.2 Å². The van der Waals surface area contributed by atoms with Crippen molar-refractivity contribution in [3.05, 3.63) is 99.0 Å². The number of hydrogen-bond acceptors (Lipinski definition) is 4. The smallest absolute Gasteiger partial charge is 0.333 e. The van der Waals surface area contributed by atoms with Crippen molar-refractivity contribution in [2.24, 2.45) is 0 Å². The molecule has 164 valence electrons. The van der Waals surface area contributed by atoms with Crippen molar-refractivity contribution in [2.45, 2.75) is 33.1 Å². The Kier molecular flexibility index (Phi) is 6.02. The van der Waals surface area contributed by atoms with Crippen molar-refractivity contribution in [1.82, 2.24) is 23.6 Å². The maximum Gasteiger partial charge on any atom is 0.333 e. The molecule has 0 aliphatic heterocycles. The van der Waals surface area contributed by atoms with E-state index >= 15 is 0 Å². The lowest BCUT2D eigenvalue weighted by molar-refractivity contribution is -0.131. The van der Waals surface area contributed by atoms with Crippen LogP contribution in [-0.4, -0.2) is 36.5 Å². The molecule has 0 atom stereocenters. The molecule has 8 nitrogen and oxygen atoms in total. The van der Waals surface area contributed by atoms with Gasteiger partial charge in [0.15, 0.2) is 11.2 Å². The predicted octanol–water partition coefficient (Wildman–Crippen LogP) is 2.09. The summed E-state index contributed by atoms with van der Waals surface area (Å²) in [6.07, 6.45) is 1.56. The first-order chi connectivity index (χ1) is 15.5. The van der Waals surface area contributed by atoms with Crippen LogP contribution in [0, 0.1) is 0 Å². The molecule has 0 saturated heterocycles. The zero-order chi connectivity index (χ0) is 22.7. The molecule has 4 aromatic rings. The fourth-order valence-corrected chi connectivity index (χ4v) is 3.73. The second-order valence-corrected chi connectivity index (χ2v) is 7.68. The average molecular weight is 431 g/mol. The Morgan fingerprint density at radius 1 is 0.938 bits per heavy atom. The van der Waals surface area contributed by atoms with Crippen LogP contribution in [-0.2, 0) is 31.0 Å². The van der Waals surface area contributed by atoms with E-state index in [1.165, 1.54) is 9.47 Å². The van der Waals surface area contributed by atoms with Gasteiger partial charge in [0.2, 0.25) is 5.91 Å². The number of fused-ring (bicyclic) bond motifs is 1. The molecule has 8 heteroatoms. The van der Waals surface area contributed by atoms with Gasteiger partial charge >= 0.3 is 5.69 Å². The van der Waals surface area contributed by atoms with E-state index in [4.69, 9.17) is 0 Å². The number of aromatic nitrogens is 4. The van der Waals surface area contributed by atoms with E-state index in [-0.39, 0.29) is 19.0 Å². The van der Waals surface area contributed by atoms with E-state index in [1.807, 2.05) is 67.6 Å². The fourth-order valence-electron chi connectivity index (χ4n) is 3.73. The number of aryl methyl sites for hydroxylation is 1. The first-order valence-corrected chi connectivity index (χ1v) is 10.5. The molecule has 2 heterocycles. The zero-order valence-corrected chi connectivity index (χ0v) is 18.1. The molecule has 0 saturated carbocycles. The molecule has 0 aliphatic carbocycles. The number of hydrogen-bond donors (Lipinski definition) is 0. The maximum atomic E-state index is 13.3. The van der Waals surface area contributed by atoms with Crippen LogP contribution in [0.2, 0.25) is 0 Å². The summed E-state index contributed by atoms with van der Waals surface area (Å²) in [4.78, 5) is 45.3. The SMILES string of the molecule is CCn1cnc2c1c(=O)n(CC(=O)N(C)Cc1ccccc1)c(=O)n2Cc1ccccc1. The molecule has 0 fully saturated rings. The van der Waals surface area contributed by atoms with Gasteiger partial charge in [-0.3, -0.25) is 14.2 Å². The molecular weight excluding hydrogens is 406 g/mol. The largest absolute Gasteiger partial charge is 0.340 e. The summed E-state index contributed by atoms with van der Waals surface area (Å²) in [5.41, 5.74) is 1.47. The summed E-state index contributed by atoms with van der Waals surface area (Å²) in [6, 6.07) is 19.1. The van der Waals surface area contributed by atoms with E-state index in [9.17, 15) is 14.4 Å². The minimum Gasteiger partial charge on any atom is -0.340 e. The van der Waals surface area contributed by atoms with E-state index in [1.54, 1.807) is 17.9 Å². The normalized spacial score (nSPS) is 11.1. The molecule has 0 aliphatic rings. The third-order valence-electron chi connectivity index (χ3n) is 5.49. The number of carbonyl (C=O) groups excluding carboxylic acids is 1. The Balaban J connectivity index is 1.74. The van der Waals surface area contributed by atoms with Gasteiger partial charge < -0.3 is 9.47 Å². The molecular formula is C24H25N5O3. The molecule has 2 aromatic carbocycles. The summed E-state index contributed by atoms with van der Waals surface area (Å²) in [6.45, 7) is 2.74. The summed E-state index contributed by atoms with van der Waals surface area (Å²) < 4.78 is 4.18. The van der Waals surface area contributed by atoms with Gasteiger partial charge in [-0.1, -0.05) is 60.7 Å². The lowest BCUT2D eigenvalue weighted by Crippen LogP contribution is -2.44. The first kappa shape index (κ1) is 21.3. The third-order valence-corrected chi connectivity index (χ3v) is 5.49. The summed E-state index contributed by atoms with van der Waals surface area (Å²) in [5.74, 6) is -0.318. The first-order valence-electron chi connectivity index (χ1n) is 10.5. The monoisotopic (exact) mass is 431 g/mol. The Bertz CT molecular complexity index is 1350. The minimum atomic E-state index is -0.547. The molecule has 0 radical (unpaired) electrons. The lowest BCUT2D eigenvalue weighted by atomic mass is 10.2. The molecule has 0 bridgehead atoms. The van der Waals surface area contributed by atoms with Crippen molar-refractivity contribution < 1.29 is 4.79 Å². The second kappa shape index (κ2) is 9.05. The highest BCUT2D eigenvalue weighted by molar-refractivity contribution is 5.76. The van der Waals surface area contributed by atoms with Crippen LogP contribution < -0.4 is 11.2 Å². The average Bonchev–Trinajstić information content (AvgIpc) is 3.25. The molecule has 0 N–H and O–H groups in total. The molecule has 32 heavy (non-hydrogen) atoms. The molecule has 2 aromatic heterocycles. The highest BCUT2D eigenvalue weighted by atomic mass is 16.2. The van der Waals surface area contributed by atoms with E-state index in [2.05, 4.69) is 4.98 Å². The van der Waals surface area contributed by atoms with Crippen molar-refractivity contribution in [1.29, 1.82) is 0 Å². The van der Waals surface area contributed by atoms with Crippen LogP contribution in [0.3, 0.4) is 0 Å². The van der Waals surface area contributed by atoms with Crippen LogP contribution in [0.5, 0.6) is 0 Å². The number of nitrogens with zero attached hydrogens (tertiary/aromatic N) is 5. The Labute approximate surface area is 185 Å². The van der Waals surface area contributed by atoms with Gasteiger partial charge in [0, 0.05) is 20.1 Å². The highest BCUT2D eigenvalue weighted by Crippen LogP contribution is 2.10. The number of amides is 1. The van der Waals surface area contributed by atoms with Crippen LogP contribution >= 0.6 is 0 Å². The topological polar surface area (TPSA) is 82.1 Å². The zero-order valence-electron chi connectivity index (χ0n) is 18.1. The van der Waals surface area contributed by atoms with Crippen LogP contribution in [0.4, 0.5) is 0 Å². The second-order valence-electron chi connectivity index (χ2n) is 7.68. The van der Waals surface area contributed by atoms with Gasteiger partial charge in [-0.15, -0.1) is 0 Å². The molecule has 0 spiro atoms. The predicted molar refractivity (Wildman–Crippen MR) is 122 cm³/mol. The van der Waals surface area contributed by atoms with Crippen molar-refractivity contribution in [3.63, 3.8) is 0 Å². The Morgan fingerprint density at radius 2 is 1.56 bits per heavy atom. The van der Waals surface area contributed by atoms with Gasteiger partial charge in [-0.05, 0) is 18.1 Å². The Morgan fingerprint density at radius 3 is 2.19 bits per heavy atom. The summed E-state index contributed by atoms with van der Waals surface area (Å²) >= 11 is 0. The third kappa shape index (κ3) is 4.12. The molecule has 4 rings (SSSR count). The lowest BCUT2D eigenvalue weighted by Gasteiger charge is -2.18. The summed E-state index contributed by atoms with van der Waals surface area (Å²) in [7, 11) is 1.66. The van der Waals surface area contributed by atoms with E-state index in [0.717, 1.165) is 15.7 Å². The van der Waals surface area contributed by atoms with Gasteiger partial charge in [-0.25, -0.2) is 14.3 Å². The highest BCUT2D eigenvalue weighted by Gasteiger charge is 2.20. The van der Waals surface area contributed by atoms with Crippen LogP contribution in [0.1, 0.15) is 18.1 Å². The minimum absolute atomic E-state index is 0.255. The van der Waals surface area contributed by atoms with Gasteiger partial charge in [-0.2, -0.15) is 0 Å². The van der Waals surface area contributed by atoms with Crippen molar-refractivity contribution in [3.8, 4) is 0 Å². The number of benzene rings is 2. The standard InChI is InChI=1S/C24H25N5O3/c1-3-27-17-25-22-21(27)23(31)29(24(32)28(22)15-19-12-8-5-9-13-19)16-20(30)26(2)14-18-10-6-4-7-11-18/h4-13,17H,3,14-16H2,1-2H3. The number of rotatable bonds is 7. The number of imidazole rings is 1. The molecule has 0 unspecified atom stereocenters. The number of likely N-dealkylation sites (N-methyl/N-ethyl adjacent to an activating group) is 1. The van der Waals surface area contributed by atoms with Gasteiger partial charge in [0.1, 0.15) is 6.54 Å². The van der Waals surface area contributed by atoms with E-state index in [0.29, 0.717) is 24.3 Å². The van der Waals surface area contributed by atoms with Crippen LogP contribution in [0.25, 0.3) is 11.2 Å². The van der Waals surface area contributed by atoms with Crippen LogP contribution in [0.15, 0.2) is 76.6 Å². The van der Waals surface area contributed by atoms with Gasteiger partial charge in [0.05, 0.1) is 12.9 Å². The Hall–Kier alpha value is -3.94. The van der Waals surface area contributed by atoms with Crippen molar-refractivity contribution >= 4 is 17.1 Å². The van der Waals surface area contributed by atoms with Crippen molar-refractivity contribution in [2.75, 3.05) is 7.05 Å². The van der Waals surface area contributed by atoms with Gasteiger partial charge in [0.25, 0.3) is 5.56 Å². The molecule has 1 amide bonds. The fraction of sp³-hybridized carbons (Fsp3) is 0.250.